The van der Waals surface area contributed by atoms with Crippen LogP contribution in [-0.4, -0.2) is 54.6 Å². The van der Waals surface area contributed by atoms with Crippen LogP contribution in [0, 0.1) is 5.82 Å². The molecule has 0 aromatic heterocycles. The van der Waals surface area contributed by atoms with E-state index in [1.807, 2.05) is 4.90 Å². The summed E-state index contributed by atoms with van der Waals surface area (Å²) < 4.78 is 18.1. The van der Waals surface area contributed by atoms with Crippen molar-refractivity contribution in [2.75, 3.05) is 39.5 Å². The van der Waals surface area contributed by atoms with Gasteiger partial charge in [0.05, 0.1) is 19.8 Å². The fraction of sp³-hybridized carbons (Fsp3) is 0.538. The second kappa shape index (κ2) is 8.85. The van der Waals surface area contributed by atoms with E-state index < -0.39 is 0 Å². The van der Waals surface area contributed by atoms with E-state index in [0.29, 0.717) is 25.4 Å². The molecule has 1 aromatic rings. The highest BCUT2D eigenvalue weighted by atomic mass is 19.1. The summed E-state index contributed by atoms with van der Waals surface area (Å²) >= 11 is 0. The molecule has 2 N–H and O–H groups in total. The highest BCUT2D eigenvalue weighted by Crippen LogP contribution is 2.11. The van der Waals surface area contributed by atoms with Crippen LogP contribution in [0.1, 0.15) is 6.42 Å². The van der Waals surface area contributed by atoms with Gasteiger partial charge in [-0.25, -0.2) is 4.39 Å². The van der Waals surface area contributed by atoms with E-state index in [-0.39, 0.29) is 19.0 Å². The summed E-state index contributed by atoms with van der Waals surface area (Å²) in [4.78, 5) is 1.97. The summed E-state index contributed by atoms with van der Waals surface area (Å²) in [5.74, 6) is 0.367. The van der Waals surface area contributed by atoms with Gasteiger partial charge < -0.3 is 14.9 Å². The molecule has 0 aliphatic carbocycles. The van der Waals surface area contributed by atoms with E-state index in [2.05, 4.69) is 0 Å². The Labute approximate surface area is 107 Å². The molecule has 5 heteroatoms. The first-order chi connectivity index (χ1) is 8.76. The fourth-order valence-corrected chi connectivity index (χ4v) is 1.63. The van der Waals surface area contributed by atoms with Gasteiger partial charge in [0.2, 0.25) is 0 Å². The Bertz CT molecular complexity index is 313. The largest absolute Gasteiger partial charge is 0.494 e. The molecule has 0 spiro atoms. The summed E-state index contributed by atoms with van der Waals surface area (Å²) in [5, 5.41) is 17.7. The molecule has 102 valence electrons. The maximum atomic E-state index is 12.6. The highest BCUT2D eigenvalue weighted by Gasteiger charge is 2.03. The van der Waals surface area contributed by atoms with Crippen molar-refractivity contribution in [3.8, 4) is 5.75 Å². The zero-order valence-corrected chi connectivity index (χ0v) is 10.4. The maximum Gasteiger partial charge on any atom is 0.123 e. The molecule has 0 unspecified atom stereocenters. The summed E-state index contributed by atoms with van der Waals surface area (Å²) in [7, 11) is 0. The summed E-state index contributed by atoms with van der Waals surface area (Å²) in [6.45, 7) is 2.55. The Kier molecular flexibility index (Phi) is 7.32. The standard InChI is InChI=1S/C13H20FNO3/c14-12-2-4-13(5-3-12)18-11-1-6-15(7-9-16)8-10-17/h2-5,16-17H,1,6-11H2. The van der Waals surface area contributed by atoms with Crippen LogP contribution in [0.3, 0.4) is 0 Å². The monoisotopic (exact) mass is 257 g/mol. The third-order valence-corrected chi connectivity index (χ3v) is 2.53. The van der Waals surface area contributed by atoms with E-state index in [4.69, 9.17) is 14.9 Å². The minimum absolute atomic E-state index is 0.0822. The van der Waals surface area contributed by atoms with Gasteiger partial charge >= 0.3 is 0 Å². The molecular formula is C13H20FNO3. The van der Waals surface area contributed by atoms with Gasteiger partial charge in [0.25, 0.3) is 0 Å². The predicted molar refractivity (Wildman–Crippen MR) is 67.1 cm³/mol. The lowest BCUT2D eigenvalue weighted by Crippen LogP contribution is -2.31. The molecule has 0 bridgehead atoms. The van der Waals surface area contributed by atoms with Crippen LogP contribution >= 0.6 is 0 Å². The number of benzene rings is 1. The molecule has 0 fully saturated rings. The van der Waals surface area contributed by atoms with Crippen LogP contribution in [0.2, 0.25) is 0 Å². The first-order valence-electron chi connectivity index (χ1n) is 6.08. The van der Waals surface area contributed by atoms with E-state index in [1.54, 1.807) is 12.1 Å². The molecule has 1 aromatic carbocycles. The quantitative estimate of drug-likeness (QED) is 0.645. The SMILES string of the molecule is OCCN(CCO)CCCOc1ccc(F)cc1. The molecule has 0 saturated heterocycles. The van der Waals surface area contributed by atoms with E-state index in [1.165, 1.54) is 12.1 Å². The van der Waals surface area contributed by atoms with Gasteiger partial charge in [-0.1, -0.05) is 0 Å². The Morgan fingerprint density at radius 3 is 2.17 bits per heavy atom. The van der Waals surface area contributed by atoms with Gasteiger partial charge in [0.1, 0.15) is 11.6 Å². The van der Waals surface area contributed by atoms with Crippen molar-refractivity contribution in [2.24, 2.45) is 0 Å². The van der Waals surface area contributed by atoms with Gasteiger partial charge in [-0.05, 0) is 30.7 Å². The molecular weight excluding hydrogens is 237 g/mol. The molecule has 0 atom stereocenters. The molecule has 4 nitrogen and oxygen atoms in total. The number of hydrogen-bond donors (Lipinski definition) is 2. The number of aliphatic hydroxyl groups is 2. The van der Waals surface area contributed by atoms with Crippen molar-refractivity contribution in [1.82, 2.24) is 4.90 Å². The van der Waals surface area contributed by atoms with Gasteiger partial charge in [-0.2, -0.15) is 0 Å². The fourth-order valence-electron chi connectivity index (χ4n) is 1.63. The average Bonchev–Trinajstić information content (AvgIpc) is 2.37. The van der Waals surface area contributed by atoms with E-state index in [0.717, 1.165) is 13.0 Å². The van der Waals surface area contributed by atoms with Crippen molar-refractivity contribution in [1.29, 1.82) is 0 Å². The van der Waals surface area contributed by atoms with Crippen molar-refractivity contribution in [3.05, 3.63) is 30.1 Å². The van der Waals surface area contributed by atoms with Gasteiger partial charge in [0, 0.05) is 19.6 Å². The molecule has 0 radical (unpaired) electrons. The highest BCUT2D eigenvalue weighted by molar-refractivity contribution is 5.21. The van der Waals surface area contributed by atoms with Crippen LogP contribution in [0.25, 0.3) is 0 Å². The molecule has 18 heavy (non-hydrogen) atoms. The zero-order chi connectivity index (χ0) is 13.2. The van der Waals surface area contributed by atoms with E-state index in [9.17, 15) is 4.39 Å². The number of hydrogen-bond acceptors (Lipinski definition) is 4. The number of halogens is 1. The predicted octanol–water partition coefficient (Wildman–Crippen LogP) is 0.881. The Morgan fingerprint density at radius 2 is 1.61 bits per heavy atom. The Balaban J connectivity index is 2.18. The van der Waals surface area contributed by atoms with Crippen molar-refractivity contribution >= 4 is 0 Å². The summed E-state index contributed by atoms with van der Waals surface area (Å²) in [5.41, 5.74) is 0. The average molecular weight is 257 g/mol. The molecule has 0 aliphatic rings. The smallest absolute Gasteiger partial charge is 0.123 e. The molecule has 1 rings (SSSR count). The topological polar surface area (TPSA) is 52.9 Å². The number of rotatable bonds is 9. The minimum atomic E-state index is -0.278. The zero-order valence-electron chi connectivity index (χ0n) is 10.4. The van der Waals surface area contributed by atoms with Crippen LogP contribution in [0.5, 0.6) is 5.75 Å². The Morgan fingerprint density at radius 1 is 1.00 bits per heavy atom. The van der Waals surface area contributed by atoms with Crippen molar-refractivity contribution in [3.63, 3.8) is 0 Å². The lowest BCUT2D eigenvalue weighted by Gasteiger charge is -2.19. The van der Waals surface area contributed by atoms with Gasteiger partial charge in [0.15, 0.2) is 0 Å². The third kappa shape index (κ3) is 5.95. The second-order valence-corrected chi connectivity index (χ2v) is 3.94. The van der Waals surface area contributed by atoms with Crippen molar-refractivity contribution < 1.29 is 19.3 Å². The van der Waals surface area contributed by atoms with Crippen LogP contribution in [-0.2, 0) is 0 Å². The maximum absolute atomic E-state index is 12.6. The number of aliphatic hydroxyl groups excluding tert-OH is 2. The Hall–Kier alpha value is -1.17. The van der Waals surface area contributed by atoms with Crippen LogP contribution < -0.4 is 4.74 Å². The number of nitrogens with zero attached hydrogens (tertiary/aromatic N) is 1. The van der Waals surface area contributed by atoms with Crippen molar-refractivity contribution in [2.45, 2.75) is 6.42 Å². The third-order valence-electron chi connectivity index (χ3n) is 2.53. The molecule has 0 aliphatic heterocycles. The van der Waals surface area contributed by atoms with Gasteiger partial charge in [-0.15, -0.1) is 0 Å². The lowest BCUT2D eigenvalue weighted by atomic mass is 10.3. The summed E-state index contributed by atoms with van der Waals surface area (Å²) in [6.07, 6.45) is 0.789. The second-order valence-electron chi connectivity index (χ2n) is 3.94. The first-order valence-corrected chi connectivity index (χ1v) is 6.08. The number of ether oxygens (including phenoxy) is 1. The van der Waals surface area contributed by atoms with Gasteiger partial charge in [-0.3, -0.25) is 4.90 Å². The lowest BCUT2D eigenvalue weighted by molar-refractivity contribution is 0.152. The first kappa shape index (κ1) is 14.9. The van der Waals surface area contributed by atoms with Crippen LogP contribution in [0.4, 0.5) is 4.39 Å². The van der Waals surface area contributed by atoms with Crippen LogP contribution in [0.15, 0.2) is 24.3 Å². The minimum Gasteiger partial charge on any atom is -0.494 e. The molecule has 0 amide bonds. The van der Waals surface area contributed by atoms with E-state index >= 15 is 0 Å². The molecule has 0 saturated carbocycles. The summed E-state index contributed by atoms with van der Waals surface area (Å²) in [6, 6.07) is 5.90. The normalized spacial score (nSPS) is 10.9. The molecule has 0 heterocycles.